The highest BCUT2D eigenvalue weighted by Gasteiger charge is 2.27. The Morgan fingerprint density at radius 2 is 1.81 bits per heavy atom. The van der Waals surface area contributed by atoms with E-state index in [9.17, 15) is 4.79 Å². The molecule has 1 aromatic heterocycles. The zero-order valence-corrected chi connectivity index (χ0v) is 18.1. The second-order valence-corrected chi connectivity index (χ2v) is 9.36. The molecule has 0 fully saturated rings. The highest BCUT2D eigenvalue weighted by atomic mass is 16.2. The topological polar surface area (TPSA) is 25.2 Å². The van der Waals surface area contributed by atoms with Gasteiger partial charge in [-0.25, -0.2) is 0 Å². The molecule has 0 aliphatic carbocycles. The van der Waals surface area contributed by atoms with E-state index in [0.717, 1.165) is 6.54 Å². The van der Waals surface area contributed by atoms with Crippen molar-refractivity contribution >= 4 is 5.91 Å². The van der Waals surface area contributed by atoms with Gasteiger partial charge < -0.3 is 9.47 Å². The Morgan fingerprint density at radius 3 is 2.41 bits per heavy atom. The van der Waals surface area contributed by atoms with Crippen molar-refractivity contribution in [3.05, 3.63) is 59.4 Å². The van der Waals surface area contributed by atoms with Gasteiger partial charge >= 0.3 is 0 Å². The van der Waals surface area contributed by atoms with Crippen molar-refractivity contribution in [2.75, 3.05) is 0 Å². The van der Waals surface area contributed by atoms with Gasteiger partial charge in [0.25, 0.3) is 0 Å². The lowest BCUT2D eigenvalue weighted by Gasteiger charge is -2.34. The largest absolute Gasteiger partial charge is 0.345 e. The molecule has 3 heteroatoms. The third kappa shape index (κ3) is 6.27. The number of aryl methyl sites for hydroxylation is 1. The number of amides is 1. The number of nitrogens with zero attached hydrogens (tertiary/aromatic N) is 2. The van der Waals surface area contributed by atoms with Crippen LogP contribution in [-0.2, 0) is 17.9 Å². The summed E-state index contributed by atoms with van der Waals surface area (Å²) in [5, 5.41) is 0. The number of carbonyl (C=O) groups excluding carboxylic acids is 1. The van der Waals surface area contributed by atoms with E-state index < -0.39 is 0 Å². The van der Waals surface area contributed by atoms with Gasteiger partial charge in [-0.3, -0.25) is 4.79 Å². The molecule has 3 nitrogen and oxygen atoms in total. The van der Waals surface area contributed by atoms with Crippen LogP contribution in [0.2, 0.25) is 0 Å². The van der Waals surface area contributed by atoms with Crippen LogP contribution in [-0.4, -0.2) is 21.4 Å². The Bertz CT molecular complexity index is 752. The number of hydrogen-bond donors (Lipinski definition) is 0. The molecule has 1 heterocycles. The Hall–Kier alpha value is -2.03. The number of carbonyl (C=O) groups is 1. The zero-order valence-electron chi connectivity index (χ0n) is 18.1. The standard InChI is InChI=1S/C24H36N2O/c1-18(2)20(4)26(23(27)15-24(5,6)7)17-22-12-9-13-25(22)16-21-11-8-10-19(3)14-21/h8-14,18,20H,15-17H2,1-7H3/t20-/m0/s1. The number of benzene rings is 1. The summed E-state index contributed by atoms with van der Waals surface area (Å²) in [5.41, 5.74) is 3.75. The highest BCUT2D eigenvalue weighted by molar-refractivity contribution is 5.77. The van der Waals surface area contributed by atoms with E-state index in [0.29, 0.717) is 18.9 Å². The van der Waals surface area contributed by atoms with Crippen LogP contribution in [0.15, 0.2) is 42.6 Å². The molecule has 0 saturated heterocycles. The minimum absolute atomic E-state index is 0.00437. The van der Waals surface area contributed by atoms with Crippen molar-refractivity contribution in [2.45, 2.75) is 74.0 Å². The summed E-state index contributed by atoms with van der Waals surface area (Å²) in [6.45, 7) is 16.5. The molecule has 2 rings (SSSR count). The summed E-state index contributed by atoms with van der Waals surface area (Å²) >= 11 is 0. The molecule has 0 unspecified atom stereocenters. The van der Waals surface area contributed by atoms with Gasteiger partial charge in [0, 0.05) is 30.9 Å². The molecule has 1 aromatic carbocycles. The maximum atomic E-state index is 13.1. The van der Waals surface area contributed by atoms with Gasteiger partial charge in [-0.05, 0) is 42.9 Å². The molecular weight excluding hydrogens is 332 g/mol. The summed E-state index contributed by atoms with van der Waals surface area (Å²) in [4.78, 5) is 15.1. The van der Waals surface area contributed by atoms with Crippen LogP contribution < -0.4 is 0 Å². The van der Waals surface area contributed by atoms with Gasteiger partial charge in [-0.15, -0.1) is 0 Å². The first-order valence-corrected chi connectivity index (χ1v) is 10.1. The summed E-state index contributed by atoms with van der Waals surface area (Å²) in [5.74, 6) is 0.668. The predicted molar refractivity (Wildman–Crippen MR) is 114 cm³/mol. The van der Waals surface area contributed by atoms with Crippen molar-refractivity contribution in [1.29, 1.82) is 0 Å². The maximum Gasteiger partial charge on any atom is 0.223 e. The first-order valence-electron chi connectivity index (χ1n) is 10.1. The lowest BCUT2D eigenvalue weighted by atomic mass is 9.91. The third-order valence-corrected chi connectivity index (χ3v) is 5.15. The van der Waals surface area contributed by atoms with Gasteiger partial charge in [0.1, 0.15) is 0 Å². The maximum absolute atomic E-state index is 13.1. The molecule has 0 spiro atoms. The van der Waals surface area contributed by atoms with Crippen molar-refractivity contribution in [3.8, 4) is 0 Å². The molecule has 0 aliphatic heterocycles. The van der Waals surface area contributed by atoms with E-state index >= 15 is 0 Å². The molecule has 0 radical (unpaired) electrons. The van der Waals surface area contributed by atoms with Gasteiger partial charge in [0.2, 0.25) is 5.91 Å². The van der Waals surface area contributed by atoms with Gasteiger partial charge in [0.05, 0.1) is 6.54 Å². The van der Waals surface area contributed by atoms with Gasteiger partial charge in [-0.1, -0.05) is 64.4 Å². The fraction of sp³-hybridized carbons (Fsp3) is 0.542. The normalized spacial score (nSPS) is 13.0. The van der Waals surface area contributed by atoms with E-state index in [1.807, 2.05) is 0 Å². The molecule has 0 N–H and O–H groups in total. The van der Waals surface area contributed by atoms with Crippen LogP contribution >= 0.6 is 0 Å². The quantitative estimate of drug-likeness (QED) is 0.619. The van der Waals surface area contributed by atoms with Crippen molar-refractivity contribution in [2.24, 2.45) is 11.3 Å². The van der Waals surface area contributed by atoms with Crippen molar-refractivity contribution in [3.63, 3.8) is 0 Å². The third-order valence-electron chi connectivity index (χ3n) is 5.15. The van der Waals surface area contributed by atoms with Crippen LogP contribution in [0.5, 0.6) is 0 Å². The van der Waals surface area contributed by atoms with E-state index in [-0.39, 0.29) is 17.4 Å². The fourth-order valence-electron chi connectivity index (χ4n) is 3.30. The Kier molecular flexibility index (Phi) is 6.91. The second kappa shape index (κ2) is 8.77. The number of rotatable bonds is 7. The lowest BCUT2D eigenvalue weighted by molar-refractivity contribution is -0.136. The van der Waals surface area contributed by atoms with Crippen molar-refractivity contribution < 1.29 is 4.79 Å². The van der Waals surface area contributed by atoms with Crippen LogP contribution in [0.1, 0.15) is 64.8 Å². The monoisotopic (exact) mass is 368 g/mol. The molecule has 1 amide bonds. The molecule has 1 atom stereocenters. The SMILES string of the molecule is Cc1cccc(Cn2cccc2CN(C(=O)CC(C)(C)C)[C@@H](C)C(C)C)c1. The average molecular weight is 369 g/mol. The smallest absolute Gasteiger partial charge is 0.223 e. The fourth-order valence-corrected chi connectivity index (χ4v) is 3.30. The van der Waals surface area contributed by atoms with Gasteiger partial charge in [-0.2, -0.15) is 0 Å². The lowest BCUT2D eigenvalue weighted by Crippen LogP contribution is -2.42. The zero-order chi connectivity index (χ0) is 20.2. The number of hydrogen-bond acceptors (Lipinski definition) is 1. The Morgan fingerprint density at radius 1 is 1.11 bits per heavy atom. The molecular formula is C24H36N2O. The Labute approximate surface area is 165 Å². The van der Waals surface area contributed by atoms with E-state index in [2.05, 4.69) is 101 Å². The summed E-state index contributed by atoms with van der Waals surface area (Å²) < 4.78 is 2.26. The minimum atomic E-state index is -0.00437. The van der Waals surface area contributed by atoms with Crippen LogP contribution in [0.3, 0.4) is 0 Å². The van der Waals surface area contributed by atoms with E-state index in [1.165, 1.54) is 16.8 Å². The second-order valence-electron chi connectivity index (χ2n) is 9.36. The van der Waals surface area contributed by atoms with Gasteiger partial charge in [0.15, 0.2) is 0 Å². The Balaban J connectivity index is 2.22. The molecule has 0 saturated carbocycles. The van der Waals surface area contributed by atoms with Crippen LogP contribution in [0, 0.1) is 18.3 Å². The first kappa shape index (κ1) is 21.3. The molecule has 27 heavy (non-hydrogen) atoms. The molecule has 2 aromatic rings. The highest BCUT2D eigenvalue weighted by Crippen LogP contribution is 2.24. The molecule has 0 aliphatic rings. The van der Waals surface area contributed by atoms with E-state index in [1.54, 1.807) is 0 Å². The first-order chi connectivity index (χ1) is 12.6. The molecule has 0 bridgehead atoms. The van der Waals surface area contributed by atoms with Crippen LogP contribution in [0.4, 0.5) is 0 Å². The predicted octanol–water partition coefficient (Wildman–Crippen LogP) is 5.65. The average Bonchev–Trinajstić information content (AvgIpc) is 2.97. The van der Waals surface area contributed by atoms with Crippen molar-refractivity contribution in [1.82, 2.24) is 9.47 Å². The minimum Gasteiger partial charge on any atom is -0.345 e. The van der Waals surface area contributed by atoms with E-state index in [4.69, 9.17) is 0 Å². The summed E-state index contributed by atoms with van der Waals surface area (Å²) in [6.07, 6.45) is 2.69. The summed E-state index contributed by atoms with van der Waals surface area (Å²) in [6, 6.07) is 13.0. The molecule has 148 valence electrons. The summed E-state index contributed by atoms with van der Waals surface area (Å²) in [7, 11) is 0. The number of aromatic nitrogens is 1. The van der Waals surface area contributed by atoms with Crippen LogP contribution in [0.25, 0.3) is 0 Å².